The summed E-state index contributed by atoms with van der Waals surface area (Å²) in [5.74, 6) is -9.04. The molecule has 0 saturated carbocycles. The lowest BCUT2D eigenvalue weighted by Gasteiger charge is -2.30. The largest absolute Gasteiger partial charge is 0.492 e. The van der Waals surface area contributed by atoms with Crippen LogP contribution in [0.15, 0.2) is 35.2 Å². The van der Waals surface area contributed by atoms with Gasteiger partial charge in [0.1, 0.15) is 28.9 Å². The molecule has 2 aromatic rings. The fourth-order valence-corrected chi connectivity index (χ4v) is 5.57. The van der Waals surface area contributed by atoms with Crippen molar-refractivity contribution in [2.45, 2.75) is 49.7 Å². The second-order valence-corrected chi connectivity index (χ2v) is 11.4. The number of hydrogen-bond donors (Lipinski definition) is 1. The number of rotatable bonds is 8. The predicted molar refractivity (Wildman–Crippen MR) is 126 cm³/mol. The minimum Gasteiger partial charge on any atom is -0.492 e. The lowest BCUT2D eigenvalue weighted by Crippen LogP contribution is -2.41. The third kappa shape index (κ3) is 6.93. The second-order valence-electron chi connectivity index (χ2n) is 9.39. The van der Waals surface area contributed by atoms with E-state index in [1.165, 1.54) is 0 Å². The highest BCUT2D eigenvalue weighted by atomic mass is 32.2. The summed E-state index contributed by atoms with van der Waals surface area (Å²) >= 11 is 0. The standard InChI is InChI=1S/C24H25F7N2O5S/c1-13(22(34)35)12-38-20-10-21-19(9-18(20)24(29,30)31)33(17-7-14(25)6-15(26)8-17)11-16(4-5-23(2,27)28)32(3)39(21,36)37/h6-10,13,16H,4-5,11-12H2,1-3H3,(H,34,35)/t13-,16-/m1/s1. The van der Waals surface area contributed by atoms with Gasteiger partial charge in [-0.15, -0.1) is 0 Å². The molecule has 0 aliphatic carbocycles. The minimum atomic E-state index is -5.12. The number of ether oxygens (including phenoxy) is 1. The number of nitrogens with zero attached hydrogens (tertiary/aromatic N) is 2. The van der Waals surface area contributed by atoms with Crippen LogP contribution in [0, 0.1) is 17.6 Å². The van der Waals surface area contributed by atoms with Crippen LogP contribution in [0.3, 0.4) is 0 Å². The molecule has 2 aromatic carbocycles. The van der Waals surface area contributed by atoms with Gasteiger partial charge in [-0.25, -0.2) is 26.0 Å². The highest BCUT2D eigenvalue weighted by molar-refractivity contribution is 7.89. The Labute approximate surface area is 219 Å². The van der Waals surface area contributed by atoms with Crippen molar-refractivity contribution in [2.24, 2.45) is 5.92 Å². The van der Waals surface area contributed by atoms with Gasteiger partial charge in [0.15, 0.2) is 0 Å². The van der Waals surface area contributed by atoms with Crippen LogP contribution < -0.4 is 9.64 Å². The summed E-state index contributed by atoms with van der Waals surface area (Å²) in [6.07, 6.45) is -6.34. The number of sulfonamides is 1. The van der Waals surface area contributed by atoms with Crippen LogP contribution in [-0.4, -0.2) is 56.0 Å². The highest BCUT2D eigenvalue weighted by Crippen LogP contribution is 2.46. The monoisotopic (exact) mass is 586 g/mol. The van der Waals surface area contributed by atoms with Crippen LogP contribution in [-0.2, 0) is 21.0 Å². The van der Waals surface area contributed by atoms with Crippen LogP contribution in [0.1, 0.15) is 32.3 Å². The topological polar surface area (TPSA) is 87.2 Å². The molecule has 1 aliphatic rings. The van der Waals surface area contributed by atoms with Crippen LogP contribution in [0.4, 0.5) is 42.1 Å². The van der Waals surface area contributed by atoms with E-state index in [9.17, 15) is 43.9 Å². The third-order valence-corrected chi connectivity index (χ3v) is 8.15. The maximum Gasteiger partial charge on any atom is 0.420 e. The van der Waals surface area contributed by atoms with E-state index < -0.39 is 99.6 Å². The van der Waals surface area contributed by atoms with E-state index in [4.69, 9.17) is 9.84 Å². The zero-order valence-corrected chi connectivity index (χ0v) is 21.7. The summed E-state index contributed by atoms with van der Waals surface area (Å²) < 4.78 is 131. The molecular weight excluding hydrogens is 561 g/mol. The molecule has 2 atom stereocenters. The molecule has 0 amide bonds. The maximum absolute atomic E-state index is 14.1. The molecule has 3 rings (SSSR count). The number of carboxylic acid groups (broad SMARTS) is 1. The summed E-state index contributed by atoms with van der Waals surface area (Å²) in [6, 6.07) is 1.76. The van der Waals surface area contributed by atoms with Crippen molar-refractivity contribution in [1.29, 1.82) is 0 Å². The first-order valence-electron chi connectivity index (χ1n) is 11.5. The van der Waals surface area contributed by atoms with Crippen molar-refractivity contribution in [3.63, 3.8) is 0 Å². The SMILES string of the molecule is C[C@H](COc1cc2c(cc1C(F)(F)F)N(c1cc(F)cc(F)c1)C[C@@H](CCC(C)(F)F)N(C)S2(=O)=O)C(=O)O. The lowest BCUT2D eigenvalue weighted by atomic mass is 10.1. The first kappa shape index (κ1) is 30.5. The fraction of sp³-hybridized carbons (Fsp3) is 0.458. The number of aliphatic carboxylic acids is 1. The van der Waals surface area contributed by atoms with Crippen molar-refractivity contribution in [2.75, 3.05) is 25.1 Å². The van der Waals surface area contributed by atoms with Crippen molar-refractivity contribution in [1.82, 2.24) is 4.31 Å². The van der Waals surface area contributed by atoms with Gasteiger partial charge in [-0.3, -0.25) is 4.79 Å². The molecule has 216 valence electrons. The molecule has 1 N–H and O–H groups in total. The van der Waals surface area contributed by atoms with Gasteiger partial charge in [0, 0.05) is 43.9 Å². The van der Waals surface area contributed by atoms with E-state index in [0.717, 1.165) is 31.0 Å². The van der Waals surface area contributed by atoms with Gasteiger partial charge < -0.3 is 14.7 Å². The van der Waals surface area contributed by atoms with Crippen LogP contribution >= 0.6 is 0 Å². The highest BCUT2D eigenvalue weighted by Gasteiger charge is 2.42. The number of carbonyl (C=O) groups is 1. The van der Waals surface area contributed by atoms with E-state index in [1.807, 2.05) is 0 Å². The van der Waals surface area contributed by atoms with Gasteiger partial charge >= 0.3 is 12.1 Å². The molecule has 1 aliphatic heterocycles. The van der Waals surface area contributed by atoms with Gasteiger partial charge in [0.2, 0.25) is 15.9 Å². The fourth-order valence-electron chi connectivity index (χ4n) is 4.00. The molecule has 0 saturated heterocycles. The smallest absolute Gasteiger partial charge is 0.420 e. The molecule has 0 radical (unpaired) electrons. The molecule has 1 heterocycles. The van der Waals surface area contributed by atoms with E-state index >= 15 is 0 Å². The summed E-state index contributed by atoms with van der Waals surface area (Å²) in [6.45, 7) is 0.525. The average Bonchev–Trinajstić information content (AvgIpc) is 2.87. The van der Waals surface area contributed by atoms with Gasteiger partial charge in [-0.2, -0.15) is 17.5 Å². The molecular formula is C24H25F7N2O5S. The van der Waals surface area contributed by atoms with Crippen LogP contribution in [0.5, 0.6) is 5.75 Å². The van der Waals surface area contributed by atoms with Crippen molar-refractivity contribution < 1.29 is 53.8 Å². The van der Waals surface area contributed by atoms with Gasteiger partial charge in [-0.05, 0) is 38.5 Å². The summed E-state index contributed by atoms with van der Waals surface area (Å²) in [5, 5.41) is 9.05. The Kier molecular flexibility index (Phi) is 8.46. The molecule has 7 nitrogen and oxygen atoms in total. The van der Waals surface area contributed by atoms with Crippen molar-refractivity contribution >= 4 is 27.4 Å². The Morgan fingerprint density at radius 2 is 1.69 bits per heavy atom. The predicted octanol–water partition coefficient (Wildman–Crippen LogP) is 5.66. The summed E-state index contributed by atoms with van der Waals surface area (Å²) in [5.41, 5.74) is -2.45. The Bertz CT molecular complexity index is 1330. The quantitative estimate of drug-likeness (QED) is 0.402. The molecule has 0 unspecified atom stereocenters. The number of benzene rings is 2. The number of hydrogen-bond acceptors (Lipinski definition) is 5. The Morgan fingerprint density at radius 1 is 1.10 bits per heavy atom. The molecule has 39 heavy (non-hydrogen) atoms. The Morgan fingerprint density at radius 3 is 2.21 bits per heavy atom. The van der Waals surface area contributed by atoms with Gasteiger partial charge in [0.25, 0.3) is 0 Å². The van der Waals surface area contributed by atoms with Gasteiger partial charge in [0.05, 0.1) is 17.2 Å². The molecule has 0 aromatic heterocycles. The number of alkyl halides is 5. The van der Waals surface area contributed by atoms with Crippen LogP contribution in [0.2, 0.25) is 0 Å². The van der Waals surface area contributed by atoms with Crippen molar-refractivity contribution in [3.8, 4) is 5.75 Å². The van der Waals surface area contributed by atoms with Crippen molar-refractivity contribution in [3.05, 3.63) is 47.5 Å². The second kappa shape index (κ2) is 10.8. The minimum absolute atomic E-state index is 0.353. The average molecular weight is 587 g/mol. The zero-order chi connectivity index (χ0) is 29.5. The van der Waals surface area contributed by atoms with E-state index in [-0.39, 0.29) is 5.69 Å². The lowest BCUT2D eigenvalue weighted by molar-refractivity contribution is -0.142. The van der Waals surface area contributed by atoms with E-state index in [1.54, 1.807) is 0 Å². The number of fused-ring (bicyclic) bond motifs is 1. The van der Waals surface area contributed by atoms with Gasteiger partial charge in [-0.1, -0.05) is 0 Å². The molecule has 0 bridgehead atoms. The first-order valence-corrected chi connectivity index (χ1v) is 13.0. The van der Waals surface area contributed by atoms with E-state index in [2.05, 4.69) is 0 Å². The maximum atomic E-state index is 14.1. The number of likely N-dealkylation sites (N-methyl/N-ethyl adjacent to an activating group) is 1. The molecule has 0 spiro atoms. The summed E-state index contributed by atoms with van der Waals surface area (Å²) in [4.78, 5) is 11.3. The normalized spacial score (nSPS) is 18.8. The Balaban J connectivity index is 2.29. The third-order valence-electron chi connectivity index (χ3n) is 6.21. The van der Waals surface area contributed by atoms with Crippen LogP contribution in [0.25, 0.3) is 0 Å². The zero-order valence-electron chi connectivity index (χ0n) is 20.9. The molecule has 15 heteroatoms. The number of anilines is 2. The number of carboxylic acids is 1. The number of halogens is 7. The molecule has 0 fully saturated rings. The van der Waals surface area contributed by atoms with E-state index in [0.29, 0.717) is 29.4 Å². The first-order chi connectivity index (χ1) is 17.8. The summed E-state index contributed by atoms with van der Waals surface area (Å²) in [7, 11) is -3.63. The Hall–Kier alpha value is -3.07.